The van der Waals surface area contributed by atoms with E-state index in [4.69, 9.17) is 4.74 Å². The Morgan fingerprint density at radius 3 is 2.22 bits per heavy atom. The number of nitrogens with zero attached hydrogens (tertiary/aromatic N) is 1. The van der Waals surface area contributed by atoms with Crippen LogP contribution in [-0.2, 0) is 14.8 Å². The average molecular weight is 453 g/mol. The number of rotatable bonds is 8. The molecular formula is C25H28N2O4S. The lowest BCUT2D eigenvalue weighted by molar-refractivity contribution is -0.120. The molecule has 1 amide bonds. The Labute approximate surface area is 189 Å². The molecule has 0 saturated heterocycles. The lowest BCUT2D eigenvalue weighted by atomic mass is 10.1. The molecular weight excluding hydrogens is 424 g/mol. The number of amides is 1. The van der Waals surface area contributed by atoms with Gasteiger partial charge in [-0.1, -0.05) is 54.1 Å². The zero-order chi connectivity index (χ0) is 23.3. The molecule has 0 heterocycles. The molecule has 0 aliphatic carbocycles. The Balaban J connectivity index is 1.97. The molecule has 0 aliphatic heterocycles. The van der Waals surface area contributed by atoms with Crippen LogP contribution in [0.25, 0.3) is 0 Å². The Bertz CT molecular complexity index is 1180. The fourth-order valence-electron chi connectivity index (χ4n) is 3.37. The SMILES string of the molecule is COc1ccc(C)cc1S(=O)(=O)N(CC(=O)N[C@H](C)c1ccccc1)c1ccc(C)cc1. The number of anilines is 1. The van der Waals surface area contributed by atoms with Gasteiger partial charge in [-0.25, -0.2) is 8.42 Å². The third kappa shape index (κ3) is 5.29. The van der Waals surface area contributed by atoms with Gasteiger partial charge < -0.3 is 10.1 Å². The van der Waals surface area contributed by atoms with E-state index in [1.807, 2.05) is 63.2 Å². The Morgan fingerprint density at radius 2 is 1.59 bits per heavy atom. The van der Waals surface area contributed by atoms with Crippen molar-refractivity contribution in [1.82, 2.24) is 5.32 Å². The minimum Gasteiger partial charge on any atom is -0.495 e. The first-order valence-corrected chi connectivity index (χ1v) is 11.7. The number of aryl methyl sites for hydroxylation is 2. The highest BCUT2D eigenvalue weighted by Gasteiger charge is 2.30. The van der Waals surface area contributed by atoms with Crippen LogP contribution in [0.15, 0.2) is 77.7 Å². The molecule has 1 N–H and O–H groups in total. The summed E-state index contributed by atoms with van der Waals surface area (Å²) in [4.78, 5) is 12.9. The highest BCUT2D eigenvalue weighted by molar-refractivity contribution is 7.93. The number of carbonyl (C=O) groups excluding carboxylic acids is 1. The molecule has 0 radical (unpaired) electrons. The van der Waals surface area contributed by atoms with Gasteiger partial charge in [0.05, 0.1) is 18.8 Å². The monoisotopic (exact) mass is 452 g/mol. The molecule has 0 fully saturated rings. The minimum atomic E-state index is -4.08. The predicted molar refractivity (Wildman–Crippen MR) is 126 cm³/mol. The topological polar surface area (TPSA) is 75.7 Å². The molecule has 1 atom stereocenters. The van der Waals surface area contributed by atoms with Crippen molar-refractivity contribution in [3.8, 4) is 5.75 Å². The van der Waals surface area contributed by atoms with E-state index in [1.54, 1.807) is 30.3 Å². The van der Waals surface area contributed by atoms with Crippen molar-refractivity contribution in [3.05, 3.63) is 89.5 Å². The van der Waals surface area contributed by atoms with Gasteiger partial charge >= 0.3 is 0 Å². The predicted octanol–water partition coefficient (Wildman–Crippen LogP) is 4.38. The normalized spacial score (nSPS) is 12.1. The van der Waals surface area contributed by atoms with Crippen molar-refractivity contribution in [2.75, 3.05) is 18.0 Å². The second-order valence-electron chi connectivity index (χ2n) is 7.70. The van der Waals surface area contributed by atoms with Crippen LogP contribution in [0.4, 0.5) is 5.69 Å². The summed E-state index contributed by atoms with van der Waals surface area (Å²) in [7, 11) is -2.66. The summed E-state index contributed by atoms with van der Waals surface area (Å²) in [5.41, 5.74) is 3.10. The van der Waals surface area contributed by atoms with Crippen LogP contribution in [0, 0.1) is 13.8 Å². The standard InChI is InChI=1S/C25H28N2O4S/c1-18-10-13-22(14-11-18)27(17-25(28)26-20(3)21-8-6-5-7-9-21)32(29,30)24-16-19(2)12-15-23(24)31-4/h5-16,20H,17H2,1-4H3,(H,26,28)/t20-/m1/s1. The summed E-state index contributed by atoms with van der Waals surface area (Å²) in [6.07, 6.45) is 0. The highest BCUT2D eigenvalue weighted by Crippen LogP contribution is 2.31. The number of ether oxygens (including phenoxy) is 1. The summed E-state index contributed by atoms with van der Waals surface area (Å²) in [5.74, 6) is -0.178. The van der Waals surface area contributed by atoms with Gasteiger partial charge in [0.15, 0.2) is 0 Å². The summed E-state index contributed by atoms with van der Waals surface area (Å²) in [6.45, 7) is 5.23. The van der Waals surface area contributed by atoms with Crippen LogP contribution < -0.4 is 14.4 Å². The summed E-state index contributed by atoms with van der Waals surface area (Å²) in [6, 6.07) is 21.2. The van der Waals surface area contributed by atoms with Gasteiger partial charge in [0, 0.05) is 0 Å². The molecule has 168 valence electrons. The molecule has 7 heteroatoms. The van der Waals surface area contributed by atoms with Gasteiger partial charge in [-0.15, -0.1) is 0 Å². The number of methoxy groups -OCH3 is 1. The maximum absolute atomic E-state index is 13.7. The lowest BCUT2D eigenvalue weighted by Gasteiger charge is -2.26. The van der Waals surface area contributed by atoms with Gasteiger partial charge in [-0.3, -0.25) is 9.10 Å². The first kappa shape index (κ1) is 23.3. The molecule has 0 saturated carbocycles. The van der Waals surface area contributed by atoms with Crippen molar-refractivity contribution in [2.45, 2.75) is 31.7 Å². The van der Waals surface area contributed by atoms with Crippen LogP contribution in [0.3, 0.4) is 0 Å². The number of hydrogen-bond donors (Lipinski definition) is 1. The van der Waals surface area contributed by atoms with Crippen LogP contribution in [0.2, 0.25) is 0 Å². The van der Waals surface area contributed by atoms with Gasteiger partial charge in [0.25, 0.3) is 10.0 Å². The molecule has 32 heavy (non-hydrogen) atoms. The Kier molecular flexibility index (Phi) is 7.20. The van der Waals surface area contributed by atoms with Crippen LogP contribution >= 0.6 is 0 Å². The van der Waals surface area contributed by atoms with Crippen molar-refractivity contribution in [1.29, 1.82) is 0 Å². The molecule has 0 unspecified atom stereocenters. The fourth-order valence-corrected chi connectivity index (χ4v) is 5.04. The van der Waals surface area contributed by atoms with Gasteiger partial charge in [-0.05, 0) is 56.2 Å². The molecule has 0 aromatic heterocycles. The molecule has 3 aromatic rings. The van der Waals surface area contributed by atoms with E-state index in [0.717, 1.165) is 21.0 Å². The van der Waals surface area contributed by atoms with Crippen LogP contribution in [0.5, 0.6) is 5.75 Å². The maximum atomic E-state index is 13.7. The van der Waals surface area contributed by atoms with Crippen molar-refractivity contribution < 1.29 is 17.9 Å². The summed E-state index contributed by atoms with van der Waals surface area (Å²) >= 11 is 0. The van der Waals surface area contributed by atoms with Crippen molar-refractivity contribution in [3.63, 3.8) is 0 Å². The first-order chi connectivity index (χ1) is 15.2. The lowest BCUT2D eigenvalue weighted by Crippen LogP contribution is -2.41. The van der Waals surface area contributed by atoms with Crippen molar-refractivity contribution >= 4 is 21.6 Å². The zero-order valence-corrected chi connectivity index (χ0v) is 19.5. The van der Waals surface area contributed by atoms with E-state index < -0.39 is 15.9 Å². The molecule has 0 bridgehead atoms. The quantitative estimate of drug-likeness (QED) is 0.550. The summed E-state index contributed by atoms with van der Waals surface area (Å²) < 4.78 is 33.8. The molecule has 6 nitrogen and oxygen atoms in total. The maximum Gasteiger partial charge on any atom is 0.268 e. The van der Waals surface area contributed by atoms with E-state index in [-0.39, 0.29) is 23.2 Å². The number of hydrogen-bond acceptors (Lipinski definition) is 4. The van der Waals surface area contributed by atoms with Gasteiger partial charge in [0.1, 0.15) is 17.2 Å². The Hall–Kier alpha value is -3.32. The van der Waals surface area contributed by atoms with Crippen molar-refractivity contribution in [2.24, 2.45) is 0 Å². The van der Waals surface area contributed by atoms with Gasteiger partial charge in [0.2, 0.25) is 5.91 Å². The minimum absolute atomic E-state index is 0.0180. The average Bonchev–Trinajstić information content (AvgIpc) is 2.78. The highest BCUT2D eigenvalue weighted by atomic mass is 32.2. The van der Waals surface area contributed by atoms with Crippen LogP contribution in [0.1, 0.15) is 29.7 Å². The number of sulfonamides is 1. The second-order valence-corrected chi connectivity index (χ2v) is 9.53. The molecule has 3 rings (SSSR count). The summed E-state index contributed by atoms with van der Waals surface area (Å²) in [5, 5.41) is 2.90. The second kappa shape index (κ2) is 9.87. The molecule has 3 aromatic carbocycles. The largest absolute Gasteiger partial charge is 0.495 e. The van der Waals surface area contributed by atoms with Gasteiger partial charge in [-0.2, -0.15) is 0 Å². The fraction of sp³-hybridized carbons (Fsp3) is 0.240. The van der Waals surface area contributed by atoms with E-state index in [1.165, 1.54) is 7.11 Å². The third-order valence-electron chi connectivity index (χ3n) is 5.17. The zero-order valence-electron chi connectivity index (χ0n) is 18.7. The molecule has 0 aliphatic rings. The number of nitrogens with one attached hydrogen (secondary N) is 1. The smallest absolute Gasteiger partial charge is 0.268 e. The third-order valence-corrected chi connectivity index (χ3v) is 6.97. The Morgan fingerprint density at radius 1 is 0.969 bits per heavy atom. The van der Waals surface area contributed by atoms with E-state index in [0.29, 0.717) is 5.69 Å². The number of carbonyl (C=O) groups is 1. The first-order valence-electron chi connectivity index (χ1n) is 10.3. The van der Waals surface area contributed by atoms with E-state index in [9.17, 15) is 13.2 Å². The van der Waals surface area contributed by atoms with E-state index >= 15 is 0 Å². The van der Waals surface area contributed by atoms with E-state index in [2.05, 4.69) is 5.32 Å². The number of benzene rings is 3. The van der Waals surface area contributed by atoms with Crippen LogP contribution in [-0.4, -0.2) is 28.0 Å². The molecule has 0 spiro atoms.